The molecule has 0 spiro atoms. The first kappa shape index (κ1) is 22.5. The van der Waals surface area contributed by atoms with Crippen molar-refractivity contribution in [2.24, 2.45) is 0 Å². The van der Waals surface area contributed by atoms with Gasteiger partial charge in [0.05, 0.1) is 29.6 Å². The number of aromatic nitrogens is 5. The number of fused-ring (bicyclic) bond motifs is 3. The van der Waals surface area contributed by atoms with Gasteiger partial charge in [-0.1, -0.05) is 29.8 Å². The minimum Gasteiger partial charge on any atom is -0.357 e. The molecule has 0 N–H and O–H groups in total. The fourth-order valence-corrected chi connectivity index (χ4v) is 6.50. The summed E-state index contributed by atoms with van der Waals surface area (Å²) in [5.41, 5.74) is 3.00. The summed E-state index contributed by atoms with van der Waals surface area (Å²) in [6, 6.07) is 10.1. The van der Waals surface area contributed by atoms with Crippen LogP contribution in [0.1, 0.15) is 41.9 Å². The first-order chi connectivity index (χ1) is 16.8. The first-order valence-corrected chi connectivity index (χ1v) is 13.7. The molecule has 5 heterocycles. The molecule has 35 heavy (non-hydrogen) atoms. The van der Waals surface area contributed by atoms with Crippen LogP contribution in [-0.2, 0) is 16.6 Å². The minimum atomic E-state index is -3.16. The summed E-state index contributed by atoms with van der Waals surface area (Å²) in [7, 11) is -3.16. The van der Waals surface area contributed by atoms with Crippen molar-refractivity contribution in [2.75, 3.05) is 18.8 Å². The second kappa shape index (κ2) is 8.32. The van der Waals surface area contributed by atoms with E-state index in [1.165, 1.54) is 4.31 Å². The van der Waals surface area contributed by atoms with Crippen LogP contribution < -0.4 is 0 Å². The Hall–Kier alpha value is -2.95. The highest BCUT2D eigenvalue weighted by molar-refractivity contribution is 7.89. The number of aryl methyl sites for hydroxylation is 1. The van der Waals surface area contributed by atoms with Gasteiger partial charge in [0.25, 0.3) is 0 Å². The fraction of sp³-hybridized carbons (Fsp3) is 0.375. The maximum absolute atomic E-state index is 12.1. The van der Waals surface area contributed by atoms with Crippen molar-refractivity contribution in [1.29, 1.82) is 0 Å². The summed E-state index contributed by atoms with van der Waals surface area (Å²) in [6.07, 6.45) is 8.39. The Morgan fingerprint density at radius 2 is 1.97 bits per heavy atom. The zero-order chi connectivity index (χ0) is 24.3. The van der Waals surface area contributed by atoms with Crippen molar-refractivity contribution in [3.63, 3.8) is 0 Å². The topological polar surface area (TPSA) is 89.2 Å². The van der Waals surface area contributed by atoms with Gasteiger partial charge in [0, 0.05) is 30.9 Å². The molecule has 3 aliphatic heterocycles. The fourth-order valence-electron chi connectivity index (χ4n) is 5.13. The van der Waals surface area contributed by atoms with Gasteiger partial charge in [-0.3, -0.25) is 4.68 Å². The van der Waals surface area contributed by atoms with Crippen LogP contribution in [0.25, 0.3) is 11.8 Å². The minimum absolute atomic E-state index is 0.0438. The van der Waals surface area contributed by atoms with Gasteiger partial charge in [0.15, 0.2) is 5.82 Å². The van der Waals surface area contributed by atoms with Gasteiger partial charge in [0.2, 0.25) is 10.0 Å². The molecule has 0 bridgehead atoms. The number of nitrogens with zero attached hydrogens (tertiary/aromatic N) is 7. The van der Waals surface area contributed by atoms with E-state index in [0.29, 0.717) is 24.7 Å². The number of sulfonamides is 1. The van der Waals surface area contributed by atoms with Crippen molar-refractivity contribution in [3.8, 4) is 0 Å². The van der Waals surface area contributed by atoms with Crippen LogP contribution in [0.15, 0.2) is 48.7 Å². The lowest BCUT2D eigenvalue weighted by atomic mass is 10.1. The van der Waals surface area contributed by atoms with E-state index in [4.69, 9.17) is 16.7 Å². The number of hydrogen-bond donors (Lipinski definition) is 0. The van der Waals surface area contributed by atoms with Crippen LogP contribution >= 0.6 is 11.6 Å². The van der Waals surface area contributed by atoms with E-state index in [9.17, 15) is 8.42 Å². The zero-order valence-corrected chi connectivity index (χ0v) is 21.1. The van der Waals surface area contributed by atoms with Crippen molar-refractivity contribution >= 4 is 33.4 Å². The maximum Gasteiger partial charge on any atom is 0.213 e. The average Bonchev–Trinajstić information content (AvgIpc) is 3.50. The molecule has 11 heteroatoms. The first-order valence-electron chi connectivity index (χ1n) is 11.7. The standard InChI is InChI=1S/C24H26ClN7O2S/c1-3-35(33,34)29-14-19(15-29)31-10-9-20(28-31)22-12-23-21(7-8-24-27-26-16(2)32(23)24)30(22)13-17-5-4-6-18(25)11-17/h4-12,19,21,23H,3,13-15H2,1-2H3. The maximum atomic E-state index is 12.1. The van der Waals surface area contributed by atoms with Crippen molar-refractivity contribution < 1.29 is 8.42 Å². The van der Waals surface area contributed by atoms with Crippen LogP contribution in [-0.4, -0.2) is 67.1 Å². The Morgan fingerprint density at radius 3 is 2.74 bits per heavy atom. The van der Waals surface area contributed by atoms with E-state index in [1.807, 2.05) is 48.1 Å². The molecule has 1 saturated heterocycles. The lowest BCUT2D eigenvalue weighted by Crippen LogP contribution is -2.51. The second-order valence-corrected chi connectivity index (χ2v) is 11.9. The number of halogens is 1. The zero-order valence-electron chi connectivity index (χ0n) is 19.5. The molecule has 0 radical (unpaired) electrons. The molecule has 182 valence electrons. The Balaban J connectivity index is 1.32. The largest absolute Gasteiger partial charge is 0.357 e. The van der Waals surface area contributed by atoms with Crippen LogP contribution in [0, 0.1) is 6.92 Å². The summed E-state index contributed by atoms with van der Waals surface area (Å²) in [4.78, 5) is 2.34. The monoisotopic (exact) mass is 511 g/mol. The Bertz CT molecular complexity index is 1450. The highest BCUT2D eigenvalue weighted by atomic mass is 35.5. The van der Waals surface area contributed by atoms with Gasteiger partial charge >= 0.3 is 0 Å². The number of benzene rings is 1. The van der Waals surface area contributed by atoms with E-state index in [1.54, 1.807) is 6.92 Å². The molecule has 2 unspecified atom stereocenters. The molecule has 0 aliphatic carbocycles. The molecule has 0 amide bonds. The van der Waals surface area contributed by atoms with Crippen LogP contribution in [0.4, 0.5) is 0 Å². The Labute approximate surface area is 209 Å². The summed E-state index contributed by atoms with van der Waals surface area (Å²) < 4.78 is 29.8. The molecule has 2 aromatic heterocycles. The molecule has 3 aliphatic rings. The van der Waals surface area contributed by atoms with E-state index in [-0.39, 0.29) is 23.9 Å². The smallest absolute Gasteiger partial charge is 0.213 e. The molecule has 9 nitrogen and oxygen atoms in total. The normalized spacial score (nSPS) is 22.1. The lowest BCUT2D eigenvalue weighted by molar-refractivity contribution is 0.191. The van der Waals surface area contributed by atoms with Gasteiger partial charge in [0.1, 0.15) is 11.5 Å². The SMILES string of the molecule is CCS(=O)(=O)N1CC(n2ccc(C3=CC4C(C=Cc5nnc(C)n54)N3Cc3cccc(Cl)c3)n2)C1. The molecule has 1 aromatic carbocycles. The predicted molar refractivity (Wildman–Crippen MR) is 134 cm³/mol. The van der Waals surface area contributed by atoms with Crippen molar-refractivity contribution in [2.45, 2.75) is 38.5 Å². The second-order valence-electron chi connectivity index (χ2n) is 9.18. The van der Waals surface area contributed by atoms with Crippen molar-refractivity contribution in [1.82, 2.24) is 33.8 Å². The van der Waals surface area contributed by atoms with Crippen LogP contribution in [0.5, 0.6) is 0 Å². The number of hydrogen-bond acceptors (Lipinski definition) is 6. The third-order valence-electron chi connectivity index (χ3n) is 7.05. The van der Waals surface area contributed by atoms with E-state index >= 15 is 0 Å². The summed E-state index contributed by atoms with van der Waals surface area (Å²) in [5.74, 6) is 1.84. The molecule has 6 rings (SSSR count). The van der Waals surface area contributed by atoms with E-state index in [0.717, 1.165) is 28.6 Å². The molecule has 2 atom stereocenters. The van der Waals surface area contributed by atoms with E-state index in [2.05, 4.69) is 37.9 Å². The van der Waals surface area contributed by atoms with Gasteiger partial charge in [-0.2, -0.15) is 9.40 Å². The van der Waals surface area contributed by atoms with Gasteiger partial charge in [-0.05, 0) is 49.8 Å². The third-order valence-corrected chi connectivity index (χ3v) is 9.10. The average molecular weight is 512 g/mol. The van der Waals surface area contributed by atoms with Crippen LogP contribution in [0.2, 0.25) is 5.02 Å². The molecule has 0 saturated carbocycles. The highest BCUT2D eigenvalue weighted by Crippen LogP contribution is 2.41. The third kappa shape index (κ3) is 3.80. The lowest BCUT2D eigenvalue weighted by Gasteiger charge is -2.37. The molecule has 1 fully saturated rings. The summed E-state index contributed by atoms with van der Waals surface area (Å²) >= 11 is 6.28. The molecular weight excluding hydrogens is 486 g/mol. The van der Waals surface area contributed by atoms with Crippen LogP contribution in [0.3, 0.4) is 0 Å². The molecule has 3 aromatic rings. The van der Waals surface area contributed by atoms with E-state index < -0.39 is 10.0 Å². The highest BCUT2D eigenvalue weighted by Gasteiger charge is 2.40. The quantitative estimate of drug-likeness (QED) is 0.505. The van der Waals surface area contributed by atoms with Gasteiger partial charge in [-0.25, -0.2) is 8.42 Å². The molecular formula is C24H26ClN7O2S. The van der Waals surface area contributed by atoms with Gasteiger partial charge in [-0.15, -0.1) is 10.2 Å². The predicted octanol–water partition coefficient (Wildman–Crippen LogP) is 3.14. The summed E-state index contributed by atoms with van der Waals surface area (Å²) in [5, 5.41) is 14.2. The van der Waals surface area contributed by atoms with Crippen molar-refractivity contribution in [3.05, 3.63) is 76.6 Å². The summed E-state index contributed by atoms with van der Waals surface area (Å²) in [6.45, 7) is 5.24. The van der Waals surface area contributed by atoms with Gasteiger partial charge < -0.3 is 9.47 Å². The number of rotatable bonds is 6. The Kier molecular flexibility index (Phi) is 5.35. The Morgan fingerprint density at radius 1 is 1.14 bits per heavy atom.